The van der Waals surface area contributed by atoms with Gasteiger partial charge in [0, 0.05) is 16.7 Å². The summed E-state index contributed by atoms with van der Waals surface area (Å²) in [6.45, 7) is 0. The van der Waals surface area contributed by atoms with Crippen molar-refractivity contribution in [3.8, 4) is 5.75 Å². The van der Waals surface area contributed by atoms with Gasteiger partial charge in [0.2, 0.25) is 5.89 Å². The molecule has 100 valence electrons. The summed E-state index contributed by atoms with van der Waals surface area (Å²) in [6.07, 6.45) is 3.72. The standard InChI is InChI=1S/C16H12ClNO2/c1-19-14-5-3-2-4-11(14)6-9-16-18-13-10-12(17)7-8-15(13)20-16/h2-10H,1H3. The average Bonchev–Trinajstić information content (AvgIpc) is 2.87. The van der Waals surface area contributed by atoms with E-state index in [1.165, 1.54) is 0 Å². The lowest BCUT2D eigenvalue weighted by Gasteiger charge is -2.02. The topological polar surface area (TPSA) is 35.3 Å². The molecule has 2 aromatic carbocycles. The predicted molar refractivity (Wildman–Crippen MR) is 80.9 cm³/mol. The number of oxazole rings is 1. The summed E-state index contributed by atoms with van der Waals surface area (Å²) >= 11 is 5.92. The molecule has 0 N–H and O–H groups in total. The monoisotopic (exact) mass is 285 g/mol. The zero-order valence-corrected chi connectivity index (χ0v) is 11.6. The van der Waals surface area contributed by atoms with E-state index in [1.54, 1.807) is 19.2 Å². The van der Waals surface area contributed by atoms with E-state index in [0.29, 0.717) is 16.5 Å². The third kappa shape index (κ3) is 2.53. The largest absolute Gasteiger partial charge is 0.496 e. The van der Waals surface area contributed by atoms with Crippen LogP contribution in [0.2, 0.25) is 5.02 Å². The average molecular weight is 286 g/mol. The molecule has 0 radical (unpaired) electrons. The van der Waals surface area contributed by atoms with Gasteiger partial charge in [-0.15, -0.1) is 0 Å². The molecular weight excluding hydrogens is 274 g/mol. The number of para-hydroxylation sites is 1. The summed E-state index contributed by atoms with van der Waals surface area (Å²) in [4.78, 5) is 4.37. The van der Waals surface area contributed by atoms with Crippen LogP contribution in [0.3, 0.4) is 0 Å². The minimum atomic E-state index is 0.535. The van der Waals surface area contributed by atoms with Gasteiger partial charge in [0.25, 0.3) is 0 Å². The summed E-state index contributed by atoms with van der Waals surface area (Å²) in [5.41, 5.74) is 2.43. The Morgan fingerprint density at radius 2 is 2.00 bits per heavy atom. The quantitative estimate of drug-likeness (QED) is 0.702. The molecule has 0 amide bonds. The predicted octanol–water partition coefficient (Wildman–Crippen LogP) is 4.66. The minimum absolute atomic E-state index is 0.535. The number of benzene rings is 2. The van der Waals surface area contributed by atoms with E-state index < -0.39 is 0 Å². The fourth-order valence-electron chi connectivity index (χ4n) is 1.95. The molecule has 0 aliphatic carbocycles. The Morgan fingerprint density at radius 1 is 1.15 bits per heavy atom. The van der Waals surface area contributed by atoms with Gasteiger partial charge in [-0.25, -0.2) is 4.98 Å². The molecule has 3 rings (SSSR count). The van der Waals surface area contributed by atoms with E-state index in [2.05, 4.69) is 4.98 Å². The molecule has 0 aliphatic heterocycles. The van der Waals surface area contributed by atoms with Crippen LogP contribution in [0.5, 0.6) is 5.75 Å². The molecule has 0 fully saturated rings. The third-order valence-electron chi connectivity index (χ3n) is 2.91. The van der Waals surface area contributed by atoms with Gasteiger partial charge in [0.15, 0.2) is 5.58 Å². The van der Waals surface area contributed by atoms with Crippen molar-refractivity contribution in [2.75, 3.05) is 7.11 Å². The van der Waals surface area contributed by atoms with Crippen molar-refractivity contribution in [3.05, 3.63) is 58.9 Å². The Kier molecular flexibility index (Phi) is 3.44. The molecule has 0 bridgehead atoms. The second kappa shape index (κ2) is 5.39. The van der Waals surface area contributed by atoms with Crippen molar-refractivity contribution in [2.24, 2.45) is 0 Å². The van der Waals surface area contributed by atoms with Gasteiger partial charge in [0.1, 0.15) is 11.3 Å². The SMILES string of the molecule is COc1ccccc1C=Cc1nc2cc(Cl)ccc2o1. The van der Waals surface area contributed by atoms with E-state index in [-0.39, 0.29) is 0 Å². The highest BCUT2D eigenvalue weighted by Gasteiger charge is 2.04. The molecule has 0 aliphatic rings. The molecule has 20 heavy (non-hydrogen) atoms. The fraction of sp³-hybridized carbons (Fsp3) is 0.0625. The van der Waals surface area contributed by atoms with E-state index in [9.17, 15) is 0 Å². The van der Waals surface area contributed by atoms with Crippen LogP contribution in [0.4, 0.5) is 0 Å². The zero-order chi connectivity index (χ0) is 13.9. The van der Waals surface area contributed by atoms with E-state index >= 15 is 0 Å². The smallest absolute Gasteiger partial charge is 0.220 e. The first-order chi connectivity index (χ1) is 9.76. The third-order valence-corrected chi connectivity index (χ3v) is 3.15. The Balaban J connectivity index is 1.94. The fourth-order valence-corrected chi connectivity index (χ4v) is 2.12. The van der Waals surface area contributed by atoms with Gasteiger partial charge in [-0.3, -0.25) is 0 Å². The maximum atomic E-state index is 5.92. The van der Waals surface area contributed by atoms with Gasteiger partial charge in [-0.05, 0) is 30.3 Å². The van der Waals surface area contributed by atoms with Gasteiger partial charge in [-0.1, -0.05) is 29.8 Å². The molecule has 3 aromatic rings. The Morgan fingerprint density at radius 3 is 2.85 bits per heavy atom. The molecular formula is C16H12ClNO2. The normalized spacial score (nSPS) is 11.3. The Hall–Kier alpha value is -2.26. The van der Waals surface area contributed by atoms with Gasteiger partial charge in [0.05, 0.1) is 7.11 Å². The lowest BCUT2D eigenvalue weighted by Crippen LogP contribution is -1.85. The first kappa shape index (κ1) is 12.8. The molecule has 4 heteroatoms. The number of aromatic nitrogens is 1. The summed E-state index contributed by atoms with van der Waals surface area (Å²) in [5, 5.41) is 0.644. The second-order valence-electron chi connectivity index (χ2n) is 4.24. The van der Waals surface area contributed by atoms with Gasteiger partial charge >= 0.3 is 0 Å². The minimum Gasteiger partial charge on any atom is -0.496 e. The Bertz CT molecular complexity index is 777. The molecule has 0 saturated heterocycles. The number of methoxy groups -OCH3 is 1. The second-order valence-corrected chi connectivity index (χ2v) is 4.68. The van der Waals surface area contributed by atoms with Crippen LogP contribution in [-0.2, 0) is 0 Å². The molecule has 0 spiro atoms. The number of hydrogen-bond donors (Lipinski definition) is 0. The molecule has 0 unspecified atom stereocenters. The van der Waals surface area contributed by atoms with Crippen LogP contribution in [0, 0.1) is 0 Å². The number of halogens is 1. The van der Waals surface area contributed by atoms with Crippen LogP contribution < -0.4 is 4.74 Å². The number of rotatable bonds is 3. The molecule has 1 heterocycles. The summed E-state index contributed by atoms with van der Waals surface area (Å²) in [5.74, 6) is 1.34. The first-order valence-electron chi connectivity index (χ1n) is 6.13. The highest BCUT2D eigenvalue weighted by atomic mass is 35.5. The summed E-state index contributed by atoms with van der Waals surface area (Å²) < 4.78 is 10.9. The summed E-state index contributed by atoms with van der Waals surface area (Å²) in [7, 11) is 1.65. The number of ether oxygens (including phenoxy) is 1. The van der Waals surface area contributed by atoms with Crippen molar-refractivity contribution >= 4 is 34.9 Å². The Labute approximate surface area is 121 Å². The van der Waals surface area contributed by atoms with Crippen molar-refractivity contribution in [2.45, 2.75) is 0 Å². The van der Waals surface area contributed by atoms with E-state index in [1.807, 2.05) is 42.5 Å². The van der Waals surface area contributed by atoms with Crippen molar-refractivity contribution in [1.29, 1.82) is 0 Å². The van der Waals surface area contributed by atoms with Gasteiger partial charge < -0.3 is 9.15 Å². The van der Waals surface area contributed by atoms with Crippen LogP contribution in [0.25, 0.3) is 23.3 Å². The van der Waals surface area contributed by atoms with Crippen molar-refractivity contribution in [3.63, 3.8) is 0 Å². The maximum absolute atomic E-state index is 5.92. The van der Waals surface area contributed by atoms with Crippen molar-refractivity contribution in [1.82, 2.24) is 4.98 Å². The zero-order valence-electron chi connectivity index (χ0n) is 10.8. The highest BCUT2D eigenvalue weighted by Crippen LogP contribution is 2.23. The lowest BCUT2D eigenvalue weighted by atomic mass is 10.2. The van der Waals surface area contributed by atoms with Crippen molar-refractivity contribution < 1.29 is 9.15 Å². The maximum Gasteiger partial charge on any atom is 0.220 e. The van der Waals surface area contributed by atoms with Crippen LogP contribution in [0.1, 0.15) is 11.5 Å². The first-order valence-corrected chi connectivity index (χ1v) is 6.51. The number of nitrogens with zero attached hydrogens (tertiary/aromatic N) is 1. The van der Waals surface area contributed by atoms with Crippen LogP contribution in [-0.4, -0.2) is 12.1 Å². The van der Waals surface area contributed by atoms with Crippen LogP contribution >= 0.6 is 11.6 Å². The van der Waals surface area contributed by atoms with Crippen LogP contribution in [0.15, 0.2) is 46.9 Å². The summed E-state index contributed by atoms with van der Waals surface area (Å²) in [6, 6.07) is 13.1. The van der Waals surface area contributed by atoms with E-state index in [0.717, 1.165) is 16.8 Å². The van der Waals surface area contributed by atoms with Gasteiger partial charge in [-0.2, -0.15) is 0 Å². The molecule has 3 nitrogen and oxygen atoms in total. The lowest BCUT2D eigenvalue weighted by molar-refractivity contribution is 0.414. The molecule has 0 saturated carbocycles. The number of hydrogen-bond acceptors (Lipinski definition) is 3. The number of fused-ring (bicyclic) bond motifs is 1. The molecule has 0 atom stereocenters. The molecule has 1 aromatic heterocycles. The highest BCUT2D eigenvalue weighted by molar-refractivity contribution is 6.31. The van der Waals surface area contributed by atoms with E-state index in [4.69, 9.17) is 20.8 Å².